The third-order valence-corrected chi connectivity index (χ3v) is 4.57. The molecule has 0 bridgehead atoms. The molecule has 3 rings (SSSR count). The van der Waals surface area contributed by atoms with Crippen molar-refractivity contribution in [1.29, 1.82) is 0 Å². The second-order valence-corrected chi connectivity index (χ2v) is 6.47. The van der Waals surface area contributed by atoms with E-state index in [4.69, 9.17) is 4.74 Å². The van der Waals surface area contributed by atoms with E-state index in [1.54, 1.807) is 12.4 Å². The summed E-state index contributed by atoms with van der Waals surface area (Å²) in [6, 6.07) is 1.84. The van der Waals surface area contributed by atoms with E-state index in [-0.39, 0.29) is 17.9 Å². The van der Waals surface area contributed by atoms with Crippen molar-refractivity contribution in [2.75, 3.05) is 32.1 Å². The Hall–Kier alpha value is -2.41. The zero-order valence-corrected chi connectivity index (χ0v) is 15.0. The van der Waals surface area contributed by atoms with Gasteiger partial charge in [-0.25, -0.2) is 0 Å². The highest BCUT2D eigenvalue weighted by Crippen LogP contribution is 2.34. The Morgan fingerprint density at radius 3 is 3.00 bits per heavy atom. The summed E-state index contributed by atoms with van der Waals surface area (Å²) in [6.45, 7) is 4.17. The summed E-state index contributed by atoms with van der Waals surface area (Å²) in [4.78, 5) is 18.6. The van der Waals surface area contributed by atoms with Gasteiger partial charge in [0.15, 0.2) is 0 Å². The second-order valence-electron chi connectivity index (χ2n) is 6.47. The lowest BCUT2D eigenvalue weighted by Gasteiger charge is -2.19. The first-order chi connectivity index (χ1) is 12.1. The normalized spacial score (nSPS) is 19.8. The van der Waals surface area contributed by atoms with Gasteiger partial charge in [0.1, 0.15) is 0 Å². The average Bonchev–Trinajstić information content (AvgIpc) is 3.28. The minimum absolute atomic E-state index is 0.0113. The van der Waals surface area contributed by atoms with Crippen molar-refractivity contribution >= 4 is 11.6 Å². The summed E-state index contributed by atoms with van der Waals surface area (Å²) < 4.78 is 7.78. The van der Waals surface area contributed by atoms with Gasteiger partial charge in [-0.2, -0.15) is 5.10 Å². The lowest BCUT2D eigenvalue weighted by molar-refractivity contribution is 0.0846. The van der Waals surface area contributed by atoms with Crippen LogP contribution in [0.4, 0.5) is 5.69 Å². The van der Waals surface area contributed by atoms with E-state index in [1.165, 1.54) is 0 Å². The molecule has 7 heteroatoms. The highest BCUT2D eigenvalue weighted by Gasteiger charge is 2.31. The van der Waals surface area contributed by atoms with Crippen LogP contribution >= 0.6 is 0 Å². The van der Waals surface area contributed by atoms with Crippen LogP contribution in [-0.4, -0.2) is 47.9 Å². The van der Waals surface area contributed by atoms with Crippen molar-refractivity contribution < 1.29 is 9.53 Å². The summed E-state index contributed by atoms with van der Waals surface area (Å²) in [5, 5.41) is 7.37. The van der Waals surface area contributed by atoms with Gasteiger partial charge in [-0.05, 0) is 19.4 Å². The monoisotopic (exact) mass is 343 g/mol. The molecule has 1 aliphatic rings. The predicted octanol–water partition coefficient (Wildman–Crippen LogP) is 1.87. The van der Waals surface area contributed by atoms with Gasteiger partial charge in [0, 0.05) is 63.9 Å². The number of nitrogens with zero attached hydrogens (tertiary/aromatic N) is 4. The smallest absolute Gasteiger partial charge is 0.254 e. The van der Waals surface area contributed by atoms with Gasteiger partial charge >= 0.3 is 0 Å². The number of hydrogen-bond acceptors (Lipinski definition) is 5. The first-order valence-corrected chi connectivity index (χ1v) is 8.63. The maximum absolute atomic E-state index is 12.6. The molecule has 1 fully saturated rings. The summed E-state index contributed by atoms with van der Waals surface area (Å²) in [6.07, 6.45) is 8.10. The Labute approximate surface area is 148 Å². The third kappa shape index (κ3) is 3.82. The number of anilines is 1. The molecule has 0 saturated carbocycles. The van der Waals surface area contributed by atoms with Crippen LogP contribution in [0.3, 0.4) is 0 Å². The SMILES string of the molecule is CCn1cc([C@@H]2OCC[C@H]2CNC(=O)c2cnccc2N(C)C)cn1. The minimum Gasteiger partial charge on any atom is -0.377 e. The number of nitrogens with one attached hydrogen (secondary N) is 1. The Morgan fingerprint density at radius 1 is 1.44 bits per heavy atom. The molecule has 0 aromatic carbocycles. The molecule has 0 unspecified atom stereocenters. The van der Waals surface area contributed by atoms with Crippen molar-refractivity contribution in [2.45, 2.75) is 26.0 Å². The van der Waals surface area contributed by atoms with Gasteiger partial charge < -0.3 is 15.0 Å². The van der Waals surface area contributed by atoms with Crippen LogP contribution in [0.25, 0.3) is 0 Å². The van der Waals surface area contributed by atoms with E-state index in [0.29, 0.717) is 18.7 Å². The molecule has 0 aliphatic carbocycles. The van der Waals surface area contributed by atoms with E-state index < -0.39 is 0 Å². The largest absolute Gasteiger partial charge is 0.377 e. The quantitative estimate of drug-likeness (QED) is 0.867. The van der Waals surface area contributed by atoms with E-state index in [0.717, 1.165) is 24.2 Å². The molecule has 3 heterocycles. The van der Waals surface area contributed by atoms with Gasteiger partial charge in [0.2, 0.25) is 0 Å². The van der Waals surface area contributed by atoms with Crippen LogP contribution in [0.2, 0.25) is 0 Å². The van der Waals surface area contributed by atoms with Crippen LogP contribution in [0, 0.1) is 5.92 Å². The Balaban J connectivity index is 1.65. The number of aryl methyl sites for hydroxylation is 1. The van der Waals surface area contributed by atoms with Crippen LogP contribution in [0.1, 0.15) is 35.4 Å². The Kier molecular flexibility index (Phi) is 5.33. The highest BCUT2D eigenvalue weighted by molar-refractivity contribution is 5.99. The predicted molar refractivity (Wildman–Crippen MR) is 95.6 cm³/mol. The number of ether oxygens (including phenoxy) is 1. The molecular formula is C18H25N5O2. The van der Waals surface area contributed by atoms with Crippen molar-refractivity contribution in [3.63, 3.8) is 0 Å². The van der Waals surface area contributed by atoms with Crippen LogP contribution in [-0.2, 0) is 11.3 Å². The first kappa shape index (κ1) is 17.4. The molecular weight excluding hydrogens is 318 g/mol. The fraction of sp³-hybridized carbons (Fsp3) is 0.500. The molecule has 0 spiro atoms. The number of carbonyl (C=O) groups excluding carboxylic acids is 1. The zero-order chi connectivity index (χ0) is 17.8. The Bertz CT molecular complexity index is 728. The van der Waals surface area contributed by atoms with Crippen molar-refractivity contribution in [1.82, 2.24) is 20.1 Å². The van der Waals surface area contributed by atoms with Gasteiger partial charge in [0.05, 0.1) is 23.6 Å². The van der Waals surface area contributed by atoms with Crippen LogP contribution in [0.15, 0.2) is 30.9 Å². The molecule has 1 amide bonds. The van der Waals surface area contributed by atoms with Gasteiger partial charge in [-0.15, -0.1) is 0 Å². The maximum atomic E-state index is 12.6. The number of amides is 1. The Morgan fingerprint density at radius 2 is 2.28 bits per heavy atom. The molecule has 7 nitrogen and oxygen atoms in total. The third-order valence-electron chi connectivity index (χ3n) is 4.57. The summed E-state index contributed by atoms with van der Waals surface area (Å²) in [7, 11) is 3.83. The standard InChI is InChI=1S/C18H25N5O2/c1-4-23-12-14(10-21-23)17-13(6-8-25-17)9-20-18(24)15-11-19-7-5-16(15)22(2)3/h5,7,10-13,17H,4,6,8-9H2,1-3H3,(H,20,24)/t13-,17+/m0/s1. The molecule has 134 valence electrons. The average molecular weight is 343 g/mol. The summed E-state index contributed by atoms with van der Waals surface area (Å²) in [5.41, 5.74) is 2.52. The fourth-order valence-corrected chi connectivity index (χ4v) is 3.18. The van der Waals surface area contributed by atoms with Gasteiger partial charge in [-0.3, -0.25) is 14.5 Å². The minimum atomic E-state index is -0.105. The zero-order valence-electron chi connectivity index (χ0n) is 15.0. The lowest BCUT2D eigenvalue weighted by Crippen LogP contribution is -2.31. The van der Waals surface area contributed by atoms with Crippen LogP contribution in [0.5, 0.6) is 0 Å². The molecule has 1 saturated heterocycles. The number of hydrogen-bond donors (Lipinski definition) is 1. The highest BCUT2D eigenvalue weighted by atomic mass is 16.5. The van der Waals surface area contributed by atoms with E-state index in [2.05, 4.69) is 22.3 Å². The molecule has 2 aromatic rings. The molecule has 25 heavy (non-hydrogen) atoms. The number of aromatic nitrogens is 3. The van der Waals surface area contributed by atoms with Crippen LogP contribution < -0.4 is 10.2 Å². The topological polar surface area (TPSA) is 72.3 Å². The second kappa shape index (κ2) is 7.65. The maximum Gasteiger partial charge on any atom is 0.254 e. The summed E-state index contributed by atoms with van der Waals surface area (Å²) >= 11 is 0. The fourth-order valence-electron chi connectivity index (χ4n) is 3.18. The molecule has 1 aliphatic heterocycles. The van der Waals surface area contributed by atoms with E-state index in [9.17, 15) is 4.79 Å². The first-order valence-electron chi connectivity index (χ1n) is 8.63. The molecule has 2 aromatic heterocycles. The number of carbonyl (C=O) groups is 1. The van der Waals surface area contributed by atoms with Crippen molar-refractivity contribution in [3.8, 4) is 0 Å². The van der Waals surface area contributed by atoms with Gasteiger partial charge in [-0.1, -0.05) is 0 Å². The van der Waals surface area contributed by atoms with Gasteiger partial charge in [0.25, 0.3) is 5.91 Å². The lowest BCUT2D eigenvalue weighted by atomic mass is 9.97. The number of pyridine rings is 1. The molecule has 1 N–H and O–H groups in total. The summed E-state index contributed by atoms with van der Waals surface area (Å²) in [5.74, 6) is 0.143. The molecule has 0 radical (unpaired) electrons. The van der Waals surface area contributed by atoms with Crippen molar-refractivity contribution in [3.05, 3.63) is 42.0 Å². The van der Waals surface area contributed by atoms with Crippen molar-refractivity contribution in [2.24, 2.45) is 5.92 Å². The van der Waals surface area contributed by atoms with E-state index in [1.807, 2.05) is 42.1 Å². The van der Waals surface area contributed by atoms with E-state index >= 15 is 0 Å². The molecule has 2 atom stereocenters. The number of rotatable bonds is 6.